The van der Waals surface area contributed by atoms with Crippen molar-refractivity contribution >= 4 is 40.2 Å². The van der Waals surface area contributed by atoms with Gasteiger partial charge in [0.05, 0.1) is 0 Å². The number of thioether (sulfide) groups is 1. The van der Waals surface area contributed by atoms with Gasteiger partial charge in [-0.15, -0.1) is 10.2 Å². The maximum Gasteiger partial charge on any atom is 0.332 e. The Bertz CT molecular complexity index is 1180. The third-order valence-electron chi connectivity index (χ3n) is 5.53. The first kappa shape index (κ1) is 21.1. The normalized spacial score (nSPS) is 19.7. The van der Waals surface area contributed by atoms with E-state index in [0.717, 1.165) is 38.7 Å². The van der Waals surface area contributed by atoms with Gasteiger partial charge in [-0.05, 0) is 25.2 Å². The summed E-state index contributed by atoms with van der Waals surface area (Å²) in [5, 5.41) is 9.17. The first-order valence-corrected chi connectivity index (χ1v) is 11.9. The van der Waals surface area contributed by atoms with E-state index in [1.165, 1.54) is 18.0 Å². The second-order valence-electron chi connectivity index (χ2n) is 8.23. The highest BCUT2D eigenvalue weighted by Crippen LogP contribution is 2.29. The molecule has 0 aliphatic carbocycles. The molecule has 0 N–H and O–H groups in total. The van der Waals surface area contributed by atoms with Crippen molar-refractivity contribution in [1.29, 1.82) is 0 Å². The Labute approximate surface area is 182 Å². The fourth-order valence-corrected chi connectivity index (χ4v) is 6.09. The van der Waals surface area contributed by atoms with Crippen LogP contribution in [0.3, 0.4) is 0 Å². The number of nitrogens with zero attached hydrogens (tertiary/aromatic N) is 7. The molecule has 0 bridgehead atoms. The zero-order valence-electron chi connectivity index (χ0n) is 18.0. The summed E-state index contributed by atoms with van der Waals surface area (Å²) in [7, 11) is 3.19. The average molecular weight is 450 g/mol. The van der Waals surface area contributed by atoms with E-state index < -0.39 is 0 Å². The van der Waals surface area contributed by atoms with Crippen LogP contribution in [0.1, 0.15) is 25.3 Å². The number of imidazole rings is 1. The Morgan fingerprint density at radius 1 is 1.10 bits per heavy atom. The summed E-state index contributed by atoms with van der Waals surface area (Å²) >= 11 is 3.19. The Morgan fingerprint density at radius 3 is 2.43 bits per heavy atom. The summed E-state index contributed by atoms with van der Waals surface area (Å²) in [4.78, 5) is 32.5. The van der Waals surface area contributed by atoms with Crippen molar-refractivity contribution < 1.29 is 0 Å². The van der Waals surface area contributed by atoms with Gasteiger partial charge >= 0.3 is 5.69 Å². The number of hydrogen-bond acceptors (Lipinski definition) is 8. The van der Waals surface area contributed by atoms with Gasteiger partial charge in [0.15, 0.2) is 15.5 Å². The lowest BCUT2D eigenvalue weighted by atomic mass is 9.92. The van der Waals surface area contributed by atoms with Gasteiger partial charge in [-0.25, -0.2) is 4.79 Å². The predicted molar refractivity (Wildman–Crippen MR) is 121 cm³/mol. The van der Waals surface area contributed by atoms with Crippen molar-refractivity contribution in [3.63, 3.8) is 0 Å². The maximum atomic E-state index is 13.0. The standard InChI is InChI=1S/C19H27N7O2S2/c1-11-8-12(2)10-25(9-11)17-20-15-14(16(27)24(5)19(28)23(15)4)26(17)6-7-29-18-22-21-13(3)30-18/h11-12H,6-10H2,1-5H3/t11-,12-/m0/s1. The zero-order valence-corrected chi connectivity index (χ0v) is 19.6. The Hall–Kier alpha value is -2.14. The molecule has 9 nitrogen and oxygen atoms in total. The minimum Gasteiger partial charge on any atom is -0.342 e. The number of hydrogen-bond donors (Lipinski definition) is 0. The van der Waals surface area contributed by atoms with Crippen LogP contribution in [-0.2, 0) is 20.6 Å². The molecular formula is C19H27N7O2S2. The Morgan fingerprint density at radius 2 is 1.80 bits per heavy atom. The number of anilines is 1. The molecule has 1 fully saturated rings. The van der Waals surface area contributed by atoms with Crippen molar-refractivity contribution in [1.82, 2.24) is 28.9 Å². The first-order valence-electron chi connectivity index (χ1n) is 10.1. The monoisotopic (exact) mass is 449 g/mol. The molecule has 0 saturated carbocycles. The quantitative estimate of drug-likeness (QED) is 0.549. The number of rotatable bonds is 5. The fourth-order valence-electron chi connectivity index (χ4n) is 4.28. The van der Waals surface area contributed by atoms with Crippen molar-refractivity contribution in [3.8, 4) is 0 Å². The van der Waals surface area contributed by atoms with Crippen LogP contribution in [0.2, 0.25) is 0 Å². The van der Waals surface area contributed by atoms with E-state index in [9.17, 15) is 9.59 Å². The Balaban J connectivity index is 1.77. The number of piperidine rings is 1. The molecule has 0 radical (unpaired) electrons. The topological polar surface area (TPSA) is 90.8 Å². The molecule has 1 aliphatic heterocycles. The Kier molecular flexibility index (Phi) is 5.75. The molecule has 1 aliphatic rings. The van der Waals surface area contributed by atoms with Crippen LogP contribution in [0.4, 0.5) is 5.95 Å². The minimum absolute atomic E-state index is 0.304. The molecule has 0 amide bonds. The fraction of sp³-hybridized carbons (Fsp3) is 0.632. The summed E-state index contributed by atoms with van der Waals surface area (Å²) in [6, 6.07) is 0. The van der Waals surface area contributed by atoms with E-state index in [-0.39, 0.29) is 11.2 Å². The molecule has 11 heteroatoms. The number of fused-ring (bicyclic) bond motifs is 1. The van der Waals surface area contributed by atoms with Crippen molar-refractivity contribution in [2.75, 3.05) is 23.7 Å². The number of aryl methyl sites for hydroxylation is 3. The highest BCUT2D eigenvalue weighted by atomic mass is 32.2. The second-order valence-corrected chi connectivity index (χ2v) is 10.8. The van der Waals surface area contributed by atoms with Crippen LogP contribution < -0.4 is 16.1 Å². The van der Waals surface area contributed by atoms with Gasteiger partial charge < -0.3 is 9.47 Å². The van der Waals surface area contributed by atoms with Gasteiger partial charge in [-0.1, -0.05) is 36.9 Å². The van der Waals surface area contributed by atoms with Gasteiger partial charge in [0, 0.05) is 39.5 Å². The molecule has 2 atom stereocenters. The second kappa shape index (κ2) is 8.18. The molecule has 4 heterocycles. The smallest absolute Gasteiger partial charge is 0.332 e. The van der Waals surface area contributed by atoms with Gasteiger partial charge in [0.25, 0.3) is 5.56 Å². The lowest BCUT2D eigenvalue weighted by molar-refractivity contribution is 0.352. The van der Waals surface area contributed by atoms with Gasteiger partial charge in [-0.2, -0.15) is 4.98 Å². The van der Waals surface area contributed by atoms with E-state index in [1.54, 1.807) is 30.1 Å². The molecule has 1 saturated heterocycles. The molecule has 3 aromatic heterocycles. The highest BCUT2D eigenvalue weighted by molar-refractivity contribution is 8.01. The van der Waals surface area contributed by atoms with Crippen molar-refractivity contribution in [3.05, 3.63) is 25.8 Å². The number of aromatic nitrogens is 6. The summed E-state index contributed by atoms with van der Waals surface area (Å²) in [5.41, 5.74) is 0.264. The lowest BCUT2D eigenvalue weighted by Gasteiger charge is -2.35. The van der Waals surface area contributed by atoms with Crippen LogP contribution >= 0.6 is 23.1 Å². The molecular weight excluding hydrogens is 422 g/mol. The van der Waals surface area contributed by atoms with E-state index in [0.29, 0.717) is 29.5 Å². The van der Waals surface area contributed by atoms with Crippen molar-refractivity contribution in [2.24, 2.45) is 25.9 Å². The minimum atomic E-state index is -0.359. The SMILES string of the molecule is Cc1nnc(SCCn2c(N3C[C@@H](C)C[C@H](C)C3)nc3c2c(=O)n(C)c(=O)n3C)s1. The predicted octanol–water partition coefficient (Wildman–Crippen LogP) is 1.87. The molecule has 3 aromatic rings. The van der Waals surface area contributed by atoms with Gasteiger partial charge in [0.1, 0.15) is 5.01 Å². The van der Waals surface area contributed by atoms with Crippen LogP contribution in [0.15, 0.2) is 13.9 Å². The van der Waals surface area contributed by atoms with E-state index in [4.69, 9.17) is 4.98 Å². The van der Waals surface area contributed by atoms with Crippen LogP contribution in [-0.4, -0.2) is 47.7 Å². The largest absolute Gasteiger partial charge is 0.342 e. The molecule has 4 rings (SSSR count). The van der Waals surface area contributed by atoms with Crippen molar-refractivity contribution in [2.45, 2.75) is 38.1 Å². The molecule has 30 heavy (non-hydrogen) atoms. The lowest BCUT2D eigenvalue weighted by Crippen LogP contribution is -2.40. The van der Waals surface area contributed by atoms with Gasteiger partial charge in [-0.3, -0.25) is 13.9 Å². The van der Waals surface area contributed by atoms with E-state index in [1.807, 2.05) is 11.5 Å². The van der Waals surface area contributed by atoms with Crippen LogP contribution in [0.5, 0.6) is 0 Å². The molecule has 0 spiro atoms. The summed E-state index contributed by atoms with van der Waals surface area (Å²) in [6.07, 6.45) is 1.18. The van der Waals surface area contributed by atoms with Crippen LogP contribution in [0, 0.1) is 18.8 Å². The van der Waals surface area contributed by atoms with Crippen LogP contribution in [0.25, 0.3) is 11.2 Å². The summed E-state index contributed by atoms with van der Waals surface area (Å²) in [6.45, 7) is 8.82. The summed E-state index contributed by atoms with van der Waals surface area (Å²) in [5.74, 6) is 2.61. The van der Waals surface area contributed by atoms with E-state index >= 15 is 0 Å². The maximum absolute atomic E-state index is 13.0. The molecule has 0 unspecified atom stereocenters. The molecule has 0 aromatic carbocycles. The summed E-state index contributed by atoms with van der Waals surface area (Å²) < 4.78 is 5.53. The zero-order chi connectivity index (χ0) is 21.6. The average Bonchev–Trinajstić information content (AvgIpc) is 3.28. The highest BCUT2D eigenvalue weighted by Gasteiger charge is 2.28. The van der Waals surface area contributed by atoms with E-state index in [2.05, 4.69) is 28.9 Å². The third-order valence-corrected chi connectivity index (χ3v) is 7.48. The van der Waals surface area contributed by atoms with Gasteiger partial charge in [0.2, 0.25) is 5.95 Å². The first-order chi connectivity index (χ1) is 14.3. The third kappa shape index (κ3) is 3.80. The molecule has 162 valence electrons.